The molecule has 3 nitrogen and oxygen atoms in total. The molecule has 3 rings (SSSR count). The lowest BCUT2D eigenvalue weighted by molar-refractivity contribution is 0.358. The van der Waals surface area contributed by atoms with Crippen LogP contribution in [0.2, 0.25) is 0 Å². The maximum absolute atomic E-state index is 13.4. The first kappa shape index (κ1) is 17.2. The van der Waals surface area contributed by atoms with Gasteiger partial charge in [-0.1, -0.05) is 24.3 Å². The maximum atomic E-state index is 13.4. The highest BCUT2D eigenvalue weighted by molar-refractivity contribution is 7.52. The molecular formula is C17H15F2O3PS. The quantitative estimate of drug-likeness (QED) is 0.641. The normalized spacial score (nSPS) is 13.4. The van der Waals surface area contributed by atoms with E-state index in [0.717, 1.165) is 27.8 Å². The molecule has 2 aromatic carbocycles. The minimum absolute atomic E-state index is 0.0604. The van der Waals surface area contributed by atoms with Gasteiger partial charge in [-0.05, 0) is 48.1 Å². The Labute approximate surface area is 141 Å². The Kier molecular flexibility index (Phi) is 4.58. The number of rotatable bonds is 4. The summed E-state index contributed by atoms with van der Waals surface area (Å²) in [5.74, 6) is -2.01. The van der Waals surface area contributed by atoms with E-state index in [9.17, 15) is 23.1 Å². The smallest absolute Gasteiger partial charge is 0.324 e. The van der Waals surface area contributed by atoms with Crippen LogP contribution in [0.4, 0.5) is 8.78 Å². The Morgan fingerprint density at radius 2 is 1.83 bits per heavy atom. The number of thiophene rings is 1. The van der Waals surface area contributed by atoms with Crippen molar-refractivity contribution in [1.82, 2.24) is 0 Å². The second kappa shape index (κ2) is 6.37. The Balaban J connectivity index is 2.07. The van der Waals surface area contributed by atoms with Gasteiger partial charge in [0, 0.05) is 9.58 Å². The molecule has 3 aromatic rings. The van der Waals surface area contributed by atoms with E-state index in [1.807, 2.05) is 31.2 Å². The van der Waals surface area contributed by atoms with Gasteiger partial charge in [0.15, 0.2) is 11.6 Å². The summed E-state index contributed by atoms with van der Waals surface area (Å²) in [5.41, 5.74) is 0.0744. The van der Waals surface area contributed by atoms with Gasteiger partial charge in [-0.25, -0.2) is 8.78 Å². The van der Waals surface area contributed by atoms with E-state index in [1.165, 1.54) is 17.4 Å². The minimum Gasteiger partial charge on any atom is -0.324 e. The summed E-state index contributed by atoms with van der Waals surface area (Å²) in [6, 6.07) is 10.8. The van der Waals surface area contributed by atoms with Crippen molar-refractivity contribution in [2.24, 2.45) is 0 Å². The van der Waals surface area contributed by atoms with Crippen molar-refractivity contribution >= 4 is 29.0 Å². The van der Waals surface area contributed by atoms with Gasteiger partial charge in [0.1, 0.15) is 0 Å². The third-order valence-electron chi connectivity index (χ3n) is 4.00. The predicted octanol–water partition coefficient (Wildman–Crippen LogP) is 4.95. The number of hydrogen-bond acceptors (Lipinski definition) is 2. The highest BCUT2D eigenvalue weighted by atomic mass is 32.1. The number of halogens is 2. The third-order valence-corrected chi connectivity index (χ3v) is 6.82. The third kappa shape index (κ3) is 3.28. The molecule has 0 radical (unpaired) electrons. The number of benzene rings is 2. The molecule has 7 heteroatoms. The first-order valence-electron chi connectivity index (χ1n) is 7.24. The standard InChI is InChI=1S/C17H15F2O3PS/c1-10-12-4-2-3-5-16(12)24-17(10)15(23(20,21)22)9-11-6-7-13(18)14(19)8-11/h2-8,15H,9H2,1H3,(H2,20,21,22). The largest absolute Gasteiger partial charge is 0.334 e. The van der Waals surface area contributed by atoms with Crippen LogP contribution in [0.5, 0.6) is 0 Å². The van der Waals surface area contributed by atoms with Gasteiger partial charge in [0.2, 0.25) is 0 Å². The molecule has 0 saturated heterocycles. The van der Waals surface area contributed by atoms with Crippen molar-refractivity contribution in [3.63, 3.8) is 0 Å². The van der Waals surface area contributed by atoms with Crippen LogP contribution in [0.15, 0.2) is 42.5 Å². The summed E-state index contributed by atoms with van der Waals surface area (Å²) in [5, 5.41) is 0.946. The molecule has 1 atom stereocenters. The first-order valence-corrected chi connectivity index (χ1v) is 9.74. The van der Waals surface area contributed by atoms with Crippen molar-refractivity contribution in [3.05, 3.63) is 70.1 Å². The molecule has 2 N–H and O–H groups in total. The fraction of sp³-hybridized carbons (Fsp3) is 0.176. The van der Waals surface area contributed by atoms with Crippen LogP contribution in [0.1, 0.15) is 21.7 Å². The van der Waals surface area contributed by atoms with E-state index in [2.05, 4.69) is 0 Å². The van der Waals surface area contributed by atoms with Crippen molar-refractivity contribution in [1.29, 1.82) is 0 Å². The SMILES string of the molecule is Cc1c(C(Cc2ccc(F)c(F)c2)P(=O)(O)O)sc2ccccc12. The topological polar surface area (TPSA) is 57.5 Å². The zero-order chi connectivity index (χ0) is 17.5. The van der Waals surface area contributed by atoms with Crippen LogP contribution >= 0.6 is 18.9 Å². The van der Waals surface area contributed by atoms with E-state index < -0.39 is 24.9 Å². The lowest BCUT2D eigenvalue weighted by Crippen LogP contribution is -2.04. The van der Waals surface area contributed by atoms with E-state index in [1.54, 1.807) is 0 Å². The average Bonchev–Trinajstić information content (AvgIpc) is 2.84. The van der Waals surface area contributed by atoms with Crippen LogP contribution in [0.25, 0.3) is 10.1 Å². The van der Waals surface area contributed by atoms with Gasteiger partial charge in [0.05, 0.1) is 5.66 Å². The van der Waals surface area contributed by atoms with Crippen LogP contribution in [0, 0.1) is 18.6 Å². The minimum atomic E-state index is -4.48. The van der Waals surface area contributed by atoms with Gasteiger partial charge in [0.25, 0.3) is 0 Å². The van der Waals surface area contributed by atoms with Crippen LogP contribution in [-0.4, -0.2) is 9.79 Å². The van der Waals surface area contributed by atoms with Crippen LogP contribution in [0.3, 0.4) is 0 Å². The fourth-order valence-electron chi connectivity index (χ4n) is 2.77. The van der Waals surface area contributed by atoms with E-state index >= 15 is 0 Å². The molecule has 0 aliphatic rings. The summed E-state index contributed by atoms with van der Waals surface area (Å²) < 4.78 is 39.5. The average molecular weight is 368 g/mol. The molecule has 0 fully saturated rings. The molecule has 1 aromatic heterocycles. The lowest BCUT2D eigenvalue weighted by Gasteiger charge is -2.18. The predicted molar refractivity (Wildman–Crippen MR) is 91.4 cm³/mol. The van der Waals surface area contributed by atoms with Gasteiger partial charge in [-0.15, -0.1) is 11.3 Å². The zero-order valence-electron chi connectivity index (χ0n) is 12.7. The van der Waals surface area contributed by atoms with Gasteiger partial charge >= 0.3 is 7.60 Å². The van der Waals surface area contributed by atoms with Crippen molar-refractivity contribution < 1.29 is 23.1 Å². The summed E-state index contributed by atoms with van der Waals surface area (Å²) in [6.07, 6.45) is -0.0604. The molecule has 0 bridgehead atoms. The first-order chi connectivity index (χ1) is 11.3. The molecular weight excluding hydrogens is 353 g/mol. The number of hydrogen-bond donors (Lipinski definition) is 2. The van der Waals surface area contributed by atoms with Gasteiger partial charge in [-0.2, -0.15) is 0 Å². The molecule has 1 unspecified atom stereocenters. The van der Waals surface area contributed by atoms with E-state index in [4.69, 9.17) is 0 Å². The number of fused-ring (bicyclic) bond motifs is 1. The zero-order valence-corrected chi connectivity index (χ0v) is 14.5. The fourth-order valence-corrected chi connectivity index (χ4v) is 5.48. The lowest BCUT2D eigenvalue weighted by atomic mass is 10.0. The van der Waals surface area contributed by atoms with Gasteiger partial charge < -0.3 is 9.79 Å². The molecule has 0 saturated carbocycles. The molecule has 0 spiro atoms. The van der Waals surface area contributed by atoms with Crippen LogP contribution < -0.4 is 0 Å². The number of aryl methyl sites for hydroxylation is 1. The van der Waals surface area contributed by atoms with Crippen molar-refractivity contribution in [2.75, 3.05) is 0 Å². The second-order valence-electron chi connectivity index (χ2n) is 5.64. The summed E-state index contributed by atoms with van der Waals surface area (Å²) >= 11 is 1.33. The highest BCUT2D eigenvalue weighted by Gasteiger charge is 2.33. The molecule has 0 aliphatic heterocycles. The molecule has 126 valence electrons. The molecule has 1 heterocycles. The van der Waals surface area contributed by atoms with E-state index in [-0.39, 0.29) is 6.42 Å². The molecule has 0 amide bonds. The Morgan fingerprint density at radius 1 is 1.12 bits per heavy atom. The summed E-state index contributed by atoms with van der Waals surface area (Å²) in [6.45, 7) is 1.82. The summed E-state index contributed by atoms with van der Waals surface area (Å²) in [7, 11) is -4.48. The monoisotopic (exact) mass is 368 g/mol. The molecule has 0 aliphatic carbocycles. The van der Waals surface area contributed by atoms with Crippen LogP contribution in [-0.2, 0) is 11.0 Å². The Bertz CT molecular complexity index is 948. The Morgan fingerprint density at radius 3 is 2.46 bits per heavy atom. The maximum Gasteiger partial charge on any atom is 0.334 e. The van der Waals surface area contributed by atoms with Crippen molar-refractivity contribution in [2.45, 2.75) is 19.0 Å². The van der Waals surface area contributed by atoms with Gasteiger partial charge in [-0.3, -0.25) is 4.57 Å². The van der Waals surface area contributed by atoms with Crippen molar-refractivity contribution in [3.8, 4) is 0 Å². The second-order valence-corrected chi connectivity index (χ2v) is 8.53. The molecule has 24 heavy (non-hydrogen) atoms. The highest BCUT2D eigenvalue weighted by Crippen LogP contribution is 2.56. The Hall–Kier alpha value is -1.59. The summed E-state index contributed by atoms with van der Waals surface area (Å²) in [4.78, 5) is 20.2. The van der Waals surface area contributed by atoms with E-state index in [0.29, 0.717) is 10.4 Å².